The third-order valence-corrected chi connectivity index (χ3v) is 4.95. The van der Waals surface area contributed by atoms with E-state index in [1.54, 1.807) is 11.4 Å². The topological polar surface area (TPSA) is 111 Å². The maximum Gasteiger partial charge on any atom is 0.416 e. The Kier molecular flexibility index (Phi) is 6.53. The van der Waals surface area contributed by atoms with Crippen LogP contribution in [-0.2, 0) is 15.7 Å². The molecule has 3 rings (SSSR count). The van der Waals surface area contributed by atoms with Crippen molar-refractivity contribution >= 4 is 34.0 Å². The zero-order chi connectivity index (χ0) is 23.5. The summed E-state index contributed by atoms with van der Waals surface area (Å²) in [6.07, 6.45) is -5.79. The summed E-state index contributed by atoms with van der Waals surface area (Å²) >= 11 is 1.06. The van der Waals surface area contributed by atoms with Crippen LogP contribution in [0.3, 0.4) is 0 Å². The molecule has 0 radical (unpaired) electrons. The molecule has 12 heteroatoms. The number of carbonyl (C=O) groups is 2. The van der Waals surface area contributed by atoms with Crippen LogP contribution in [-0.4, -0.2) is 27.9 Å². The summed E-state index contributed by atoms with van der Waals surface area (Å²) in [4.78, 5) is 38.9. The van der Waals surface area contributed by atoms with Crippen LogP contribution >= 0.6 is 11.3 Å². The van der Waals surface area contributed by atoms with Crippen molar-refractivity contribution in [3.8, 4) is 11.3 Å². The first kappa shape index (κ1) is 22.9. The lowest BCUT2D eigenvalue weighted by atomic mass is 10.1. The van der Waals surface area contributed by atoms with Crippen LogP contribution in [0.5, 0.6) is 0 Å². The van der Waals surface area contributed by atoms with Gasteiger partial charge in [0.1, 0.15) is 0 Å². The lowest BCUT2D eigenvalue weighted by Crippen LogP contribution is -2.30. The van der Waals surface area contributed by atoms with Crippen molar-refractivity contribution in [3.63, 3.8) is 0 Å². The van der Waals surface area contributed by atoms with Gasteiger partial charge in [-0.15, -0.1) is 11.3 Å². The first-order valence-electron chi connectivity index (χ1n) is 8.94. The molecule has 3 aromatic rings. The molecule has 1 atom stereocenters. The molecule has 0 fully saturated rings. The van der Waals surface area contributed by atoms with E-state index in [9.17, 15) is 32.9 Å². The molecular weight excluding hydrogens is 451 g/mol. The Balaban J connectivity index is 1.62. The number of halogens is 3. The lowest BCUT2D eigenvalue weighted by molar-refractivity contribution is -0.384. The van der Waals surface area contributed by atoms with E-state index < -0.39 is 34.6 Å². The number of esters is 1. The molecule has 1 aromatic heterocycles. The lowest BCUT2D eigenvalue weighted by Gasteiger charge is -2.13. The summed E-state index contributed by atoms with van der Waals surface area (Å²) in [5.41, 5.74) is -0.269. The van der Waals surface area contributed by atoms with Crippen LogP contribution in [0, 0.1) is 10.1 Å². The van der Waals surface area contributed by atoms with Gasteiger partial charge in [-0.1, -0.05) is 12.1 Å². The molecule has 8 nitrogen and oxygen atoms in total. The van der Waals surface area contributed by atoms with Crippen LogP contribution in [0.4, 0.5) is 24.0 Å². The summed E-state index contributed by atoms with van der Waals surface area (Å²) in [5.74, 6) is -1.66. The van der Waals surface area contributed by atoms with Crippen LogP contribution in [0.2, 0.25) is 0 Å². The second kappa shape index (κ2) is 9.14. The number of non-ortho nitro benzene ring substituents is 1. The average Bonchev–Trinajstić information content (AvgIpc) is 3.21. The normalized spacial score (nSPS) is 12.1. The van der Waals surface area contributed by atoms with E-state index in [1.165, 1.54) is 25.1 Å². The Bertz CT molecular complexity index is 1160. The van der Waals surface area contributed by atoms with Crippen LogP contribution in [0.1, 0.15) is 22.8 Å². The number of anilines is 1. The number of rotatable bonds is 6. The number of benzene rings is 2. The monoisotopic (exact) mass is 465 g/mol. The van der Waals surface area contributed by atoms with Gasteiger partial charge in [-0.2, -0.15) is 13.2 Å². The number of aromatic nitrogens is 1. The number of nitrogens with zero attached hydrogens (tertiary/aromatic N) is 2. The average molecular weight is 465 g/mol. The highest BCUT2D eigenvalue weighted by molar-refractivity contribution is 7.14. The van der Waals surface area contributed by atoms with E-state index in [0.29, 0.717) is 11.3 Å². The Morgan fingerprint density at radius 3 is 2.50 bits per heavy atom. The Morgan fingerprint density at radius 2 is 1.88 bits per heavy atom. The van der Waals surface area contributed by atoms with Crippen molar-refractivity contribution in [2.24, 2.45) is 0 Å². The molecule has 32 heavy (non-hydrogen) atoms. The number of hydrogen-bond donors (Lipinski definition) is 1. The molecule has 1 heterocycles. The molecule has 0 saturated heterocycles. The number of nitro benzene ring substituents is 1. The molecule has 0 aliphatic rings. The van der Waals surface area contributed by atoms with E-state index in [0.717, 1.165) is 35.6 Å². The molecule has 0 aliphatic heterocycles. The summed E-state index contributed by atoms with van der Waals surface area (Å²) in [6, 6.07) is 9.22. The van der Waals surface area contributed by atoms with Gasteiger partial charge < -0.3 is 4.74 Å². The molecule has 2 aromatic carbocycles. The van der Waals surface area contributed by atoms with E-state index in [-0.39, 0.29) is 16.4 Å². The highest BCUT2D eigenvalue weighted by Gasteiger charge is 2.30. The smallest absolute Gasteiger partial charge is 0.416 e. The van der Waals surface area contributed by atoms with Gasteiger partial charge in [0.25, 0.3) is 11.6 Å². The van der Waals surface area contributed by atoms with Gasteiger partial charge in [-0.25, -0.2) is 9.78 Å². The van der Waals surface area contributed by atoms with Gasteiger partial charge in [0.05, 0.1) is 21.7 Å². The van der Waals surface area contributed by atoms with E-state index in [2.05, 4.69) is 10.3 Å². The number of carbonyl (C=O) groups excluding carboxylic acids is 2. The second-order valence-corrected chi connectivity index (χ2v) is 7.32. The third kappa shape index (κ3) is 5.46. The van der Waals surface area contributed by atoms with Gasteiger partial charge in [-0.3, -0.25) is 20.2 Å². The summed E-state index contributed by atoms with van der Waals surface area (Å²) in [6.45, 7) is 1.30. The van der Waals surface area contributed by atoms with Gasteiger partial charge in [0.15, 0.2) is 11.2 Å². The quantitative estimate of drug-likeness (QED) is 0.314. The summed E-state index contributed by atoms with van der Waals surface area (Å²) in [7, 11) is 0. The number of nitrogens with one attached hydrogen (secondary N) is 1. The first-order valence-corrected chi connectivity index (χ1v) is 9.82. The predicted octanol–water partition coefficient (Wildman–Crippen LogP) is 4.92. The number of hydrogen-bond acceptors (Lipinski definition) is 7. The van der Waals surface area contributed by atoms with E-state index in [1.807, 2.05) is 0 Å². The maximum absolute atomic E-state index is 12.6. The maximum atomic E-state index is 12.6. The van der Waals surface area contributed by atoms with Crippen molar-refractivity contribution in [2.75, 3.05) is 5.32 Å². The standard InChI is InChI=1S/C20H14F3N3O5S/c1-11(31-18(28)12-5-7-14(8-6-12)20(21,22)23)17(27)25-19-24-16(10-32-19)13-3-2-4-15(9-13)26(29)30/h2-11H,1H3,(H,24,25,27). The number of ether oxygens (including phenoxy) is 1. The number of amides is 1. The molecular formula is C20H14F3N3O5S. The van der Waals surface area contributed by atoms with Crippen molar-refractivity contribution in [1.29, 1.82) is 0 Å². The SMILES string of the molecule is CC(OC(=O)c1ccc(C(F)(F)F)cc1)C(=O)Nc1nc(-c2cccc([N+](=O)[O-])c2)cs1. The zero-order valence-corrected chi connectivity index (χ0v) is 17.1. The minimum Gasteiger partial charge on any atom is -0.449 e. The largest absolute Gasteiger partial charge is 0.449 e. The fraction of sp³-hybridized carbons (Fsp3) is 0.150. The Hall–Kier alpha value is -3.80. The predicted molar refractivity (Wildman–Crippen MR) is 109 cm³/mol. The number of thiazole rings is 1. The van der Waals surface area contributed by atoms with Crippen LogP contribution < -0.4 is 5.32 Å². The zero-order valence-electron chi connectivity index (χ0n) is 16.3. The molecule has 1 N–H and O–H groups in total. The fourth-order valence-corrected chi connectivity index (χ4v) is 3.25. The van der Waals surface area contributed by atoms with Crippen molar-refractivity contribution in [2.45, 2.75) is 19.2 Å². The minimum atomic E-state index is -4.53. The van der Waals surface area contributed by atoms with Crippen LogP contribution in [0.25, 0.3) is 11.3 Å². The molecule has 0 aliphatic carbocycles. The molecule has 166 valence electrons. The molecule has 1 unspecified atom stereocenters. The minimum absolute atomic E-state index is 0.107. The molecule has 1 amide bonds. The summed E-state index contributed by atoms with van der Waals surface area (Å²) < 4.78 is 42.8. The van der Waals surface area contributed by atoms with Crippen molar-refractivity contribution < 1.29 is 32.4 Å². The molecule has 0 bridgehead atoms. The van der Waals surface area contributed by atoms with Crippen LogP contribution in [0.15, 0.2) is 53.9 Å². The summed E-state index contributed by atoms with van der Waals surface area (Å²) in [5, 5.41) is 15.1. The van der Waals surface area contributed by atoms with Gasteiger partial charge >= 0.3 is 12.1 Å². The van der Waals surface area contributed by atoms with Crippen molar-refractivity contribution in [1.82, 2.24) is 4.98 Å². The third-order valence-electron chi connectivity index (χ3n) is 4.19. The Morgan fingerprint density at radius 1 is 1.19 bits per heavy atom. The van der Waals surface area contributed by atoms with Gasteiger partial charge in [0.2, 0.25) is 0 Å². The van der Waals surface area contributed by atoms with Gasteiger partial charge in [-0.05, 0) is 31.2 Å². The highest BCUT2D eigenvalue weighted by atomic mass is 32.1. The molecule has 0 saturated carbocycles. The fourth-order valence-electron chi connectivity index (χ4n) is 2.53. The first-order chi connectivity index (χ1) is 15.0. The number of nitro groups is 1. The van der Waals surface area contributed by atoms with Gasteiger partial charge in [0, 0.05) is 23.1 Å². The molecule has 0 spiro atoms. The van der Waals surface area contributed by atoms with E-state index in [4.69, 9.17) is 4.74 Å². The van der Waals surface area contributed by atoms with Crippen molar-refractivity contribution in [3.05, 3.63) is 75.2 Å². The Labute approximate surface area is 182 Å². The highest BCUT2D eigenvalue weighted by Crippen LogP contribution is 2.29. The second-order valence-electron chi connectivity index (χ2n) is 6.46. The number of alkyl halides is 3. The van der Waals surface area contributed by atoms with E-state index >= 15 is 0 Å².